The number of carbonyl (C=O) groups is 1. The standard InChI is InChI=1S/C16H15NO6/c1-21-12-6-11(7-13(9-12)22-2)16(18)10-4-5-15(23-3)14(8-10)17(19)20/h4-9H,1-3H3. The Kier molecular flexibility index (Phi) is 4.80. The van der Waals surface area contributed by atoms with E-state index < -0.39 is 4.92 Å². The number of nitro groups is 1. The summed E-state index contributed by atoms with van der Waals surface area (Å²) in [5.74, 6) is 0.620. The summed E-state index contributed by atoms with van der Waals surface area (Å²) in [6.45, 7) is 0. The van der Waals surface area contributed by atoms with E-state index in [1.807, 2.05) is 0 Å². The number of nitro benzene ring substituents is 1. The van der Waals surface area contributed by atoms with E-state index in [2.05, 4.69) is 0 Å². The van der Waals surface area contributed by atoms with Gasteiger partial charge in [-0.25, -0.2) is 0 Å². The Morgan fingerprint density at radius 2 is 1.52 bits per heavy atom. The van der Waals surface area contributed by atoms with Gasteiger partial charge in [-0.05, 0) is 24.3 Å². The van der Waals surface area contributed by atoms with E-state index in [4.69, 9.17) is 14.2 Å². The molecule has 2 rings (SSSR count). The van der Waals surface area contributed by atoms with E-state index in [-0.39, 0.29) is 22.8 Å². The van der Waals surface area contributed by atoms with Crippen molar-refractivity contribution in [1.29, 1.82) is 0 Å². The lowest BCUT2D eigenvalue weighted by Crippen LogP contribution is -2.04. The van der Waals surface area contributed by atoms with Crippen LogP contribution in [-0.4, -0.2) is 32.0 Å². The molecule has 0 atom stereocenters. The second-order valence-corrected chi connectivity index (χ2v) is 4.57. The average Bonchev–Trinajstić information content (AvgIpc) is 2.59. The molecule has 0 aliphatic carbocycles. The summed E-state index contributed by atoms with van der Waals surface area (Å²) in [6, 6.07) is 8.77. The minimum Gasteiger partial charge on any atom is -0.497 e. The quantitative estimate of drug-likeness (QED) is 0.462. The zero-order valence-corrected chi connectivity index (χ0v) is 12.9. The largest absolute Gasteiger partial charge is 0.497 e. The predicted octanol–water partition coefficient (Wildman–Crippen LogP) is 2.85. The molecule has 0 aliphatic heterocycles. The van der Waals surface area contributed by atoms with Crippen LogP contribution in [0.5, 0.6) is 17.2 Å². The van der Waals surface area contributed by atoms with Crippen molar-refractivity contribution in [3.05, 3.63) is 57.6 Å². The molecule has 0 amide bonds. The minimum absolute atomic E-state index is 0.0924. The topological polar surface area (TPSA) is 87.9 Å². The van der Waals surface area contributed by atoms with Crippen LogP contribution in [0, 0.1) is 10.1 Å². The number of rotatable bonds is 6. The Morgan fingerprint density at radius 1 is 0.913 bits per heavy atom. The Balaban J connectivity index is 2.48. The van der Waals surface area contributed by atoms with Crippen LogP contribution >= 0.6 is 0 Å². The third-order valence-corrected chi connectivity index (χ3v) is 3.25. The number of ketones is 1. The fraction of sp³-hybridized carbons (Fsp3) is 0.188. The van der Waals surface area contributed by atoms with Gasteiger partial charge in [0.05, 0.1) is 26.3 Å². The summed E-state index contributed by atoms with van der Waals surface area (Å²) in [5, 5.41) is 11.1. The Bertz CT molecular complexity index is 734. The van der Waals surface area contributed by atoms with Gasteiger partial charge in [-0.3, -0.25) is 14.9 Å². The maximum Gasteiger partial charge on any atom is 0.311 e. The van der Waals surface area contributed by atoms with Crippen LogP contribution in [0.3, 0.4) is 0 Å². The molecule has 7 heteroatoms. The van der Waals surface area contributed by atoms with Crippen molar-refractivity contribution in [2.24, 2.45) is 0 Å². The van der Waals surface area contributed by atoms with Crippen LogP contribution in [0.1, 0.15) is 15.9 Å². The monoisotopic (exact) mass is 317 g/mol. The molecule has 0 saturated heterocycles. The van der Waals surface area contributed by atoms with Crippen LogP contribution in [0.4, 0.5) is 5.69 Å². The van der Waals surface area contributed by atoms with Crippen LogP contribution in [0.15, 0.2) is 36.4 Å². The molecule has 120 valence electrons. The molecule has 0 fully saturated rings. The number of hydrogen-bond donors (Lipinski definition) is 0. The van der Waals surface area contributed by atoms with Crippen molar-refractivity contribution in [2.45, 2.75) is 0 Å². The first-order chi connectivity index (χ1) is 11.0. The predicted molar refractivity (Wildman–Crippen MR) is 82.6 cm³/mol. The molecule has 0 saturated carbocycles. The molecular weight excluding hydrogens is 302 g/mol. The van der Waals surface area contributed by atoms with Gasteiger partial charge in [-0.1, -0.05) is 0 Å². The van der Waals surface area contributed by atoms with Gasteiger partial charge in [0.2, 0.25) is 0 Å². The van der Waals surface area contributed by atoms with Crippen LogP contribution < -0.4 is 14.2 Å². The molecule has 7 nitrogen and oxygen atoms in total. The molecule has 0 heterocycles. The molecular formula is C16H15NO6. The van der Waals surface area contributed by atoms with E-state index in [1.165, 1.54) is 39.5 Å². The second-order valence-electron chi connectivity index (χ2n) is 4.57. The number of methoxy groups -OCH3 is 3. The molecule has 2 aromatic rings. The van der Waals surface area contributed by atoms with Gasteiger partial charge in [-0.2, -0.15) is 0 Å². The molecule has 0 N–H and O–H groups in total. The normalized spacial score (nSPS) is 10.0. The Morgan fingerprint density at radius 3 is 2.00 bits per heavy atom. The highest BCUT2D eigenvalue weighted by molar-refractivity contribution is 6.09. The van der Waals surface area contributed by atoms with Crippen molar-refractivity contribution in [2.75, 3.05) is 21.3 Å². The number of benzene rings is 2. The van der Waals surface area contributed by atoms with Crippen molar-refractivity contribution in [3.8, 4) is 17.2 Å². The fourth-order valence-electron chi connectivity index (χ4n) is 2.08. The highest BCUT2D eigenvalue weighted by Gasteiger charge is 2.20. The molecule has 23 heavy (non-hydrogen) atoms. The van der Waals surface area contributed by atoms with Crippen molar-refractivity contribution in [1.82, 2.24) is 0 Å². The van der Waals surface area contributed by atoms with Gasteiger partial charge < -0.3 is 14.2 Å². The highest BCUT2D eigenvalue weighted by Crippen LogP contribution is 2.30. The number of ether oxygens (including phenoxy) is 3. The first-order valence-corrected chi connectivity index (χ1v) is 6.60. The zero-order chi connectivity index (χ0) is 17.0. The second kappa shape index (κ2) is 6.78. The van der Waals surface area contributed by atoms with Gasteiger partial charge >= 0.3 is 5.69 Å². The van der Waals surface area contributed by atoms with Crippen LogP contribution in [-0.2, 0) is 0 Å². The fourth-order valence-corrected chi connectivity index (χ4v) is 2.08. The lowest BCUT2D eigenvalue weighted by atomic mass is 10.0. The first kappa shape index (κ1) is 16.3. The van der Waals surface area contributed by atoms with Crippen LogP contribution in [0.25, 0.3) is 0 Å². The molecule has 0 bridgehead atoms. The number of nitrogens with zero attached hydrogens (tertiary/aromatic N) is 1. The van der Waals surface area contributed by atoms with Crippen LogP contribution in [0.2, 0.25) is 0 Å². The summed E-state index contributed by atoms with van der Waals surface area (Å²) >= 11 is 0. The molecule has 0 spiro atoms. The number of hydrogen-bond acceptors (Lipinski definition) is 6. The van der Waals surface area contributed by atoms with E-state index in [0.29, 0.717) is 17.1 Å². The van der Waals surface area contributed by atoms with Gasteiger partial charge in [0, 0.05) is 23.3 Å². The maximum atomic E-state index is 12.6. The summed E-state index contributed by atoms with van der Waals surface area (Å²) in [7, 11) is 4.28. The minimum atomic E-state index is -0.595. The molecule has 0 aliphatic rings. The van der Waals surface area contributed by atoms with Crippen molar-refractivity contribution >= 4 is 11.5 Å². The Hall–Kier alpha value is -3.09. The molecule has 0 radical (unpaired) electrons. The van der Waals surface area contributed by atoms with E-state index in [1.54, 1.807) is 18.2 Å². The highest BCUT2D eigenvalue weighted by atomic mass is 16.6. The molecule has 0 aromatic heterocycles. The molecule has 0 unspecified atom stereocenters. The third-order valence-electron chi connectivity index (χ3n) is 3.25. The van der Waals surface area contributed by atoms with E-state index in [9.17, 15) is 14.9 Å². The molecule has 2 aromatic carbocycles. The summed E-state index contributed by atoms with van der Waals surface area (Å²) in [4.78, 5) is 23.1. The zero-order valence-electron chi connectivity index (χ0n) is 12.9. The SMILES string of the molecule is COc1cc(OC)cc(C(=O)c2ccc(OC)c([N+](=O)[O-])c2)c1. The van der Waals surface area contributed by atoms with Gasteiger partial charge in [0.25, 0.3) is 0 Å². The van der Waals surface area contributed by atoms with Gasteiger partial charge in [0.15, 0.2) is 11.5 Å². The number of carbonyl (C=O) groups excluding carboxylic acids is 1. The van der Waals surface area contributed by atoms with Gasteiger partial charge in [0.1, 0.15) is 11.5 Å². The van der Waals surface area contributed by atoms with Crippen molar-refractivity contribution in [3.63, 3.8) is 0 Å². The third kappa shape index (κ3) is 3.39. The summed E-state index contributed by atoms with van der Waals surface area (Å²) in [5.41, 5.74) is 0.210. The van der Waals surface area contributed by atoms with E-state index in [0.717, 1.165) is 0 Å². The smallest absolute Gasteiger partial charge is 0.311 e. The Labute approximate surface area is 132 Å². The first-order valence-electron chi connectivity index (χ1n) is 6.60. The summed E-state index contributed by atoms with van der Waals surface area (Å²) < 4.78 is 15.2. The lowest BCUT2D eigenvalue weighted by Gasteiger charge is -2.08. The lowest BCUT2D eigenvalue weighted by molar-refractivity contribution is -0.385. The van der Waals surface area contributed by atoms with Crippen molar-refractivity contribution < 1.29 is 23.9 Å². The van der Waals surface area contributed by atoms with Gasteiger partial charge in [-0.15, -0.1) is 0 Å². The van der Waals surface area contributed by atoms with E-state index >= 15 is 0 Å². The average molecular weight is 317 g/mol. The summed E-state index contributed by atoms with van der Waals surface area (Å²) in [6.07, 6.45) is 0. The maximum absolute atomic E-state index is 12.6.